The van der Waals surface area contributed by atoms with Crippen molar-refractivity contribution in [1.29, 1.82) is 0 Å². The molecule has 0 unspecified atom stereocenters. The van der Waals surface area contributed by atoms with Gasteiger partial charge in [-0.25, -0.2) is 4.79 Å². The molecule has 1 N–H and O–H groups in total. The molecule has 0 aliphatic rings. The van der Waals surface area contributed by atoms with Crippen LogP contribution in [-0.4, -0.2) is 26.0 Å². The predicted molar refractivity (Wildman–Crippen MR) is 80.3 cm³/mol. The third-order valence-corrected chi connectivity index (χ3v) is 8.45. The van der Waals surface area contributed by atoms with Crippen molar-refractivity contribution in [3.63, 3.8) is 0 Å². The van der Waals surface area contributed by atoms with Crippen molar-refractivity contribution in [3.05, 3.63) is 35.4 Å². The number of rotatable bonds is 8. The highest BCUT2D eigenvalue weighted by molar-refractivity contribution is 6.73. The van der Waals surface area contributed by atoms with Crippen molar-refractivity contribution < 1.29 is 14.3 Å². The average molecular weight is 280 g/mol. The van der Waals surface area contributed by atoms with Crippen LogP contribution in [0, 0.1) is 0 Å². The van der Waals surface area contributed by atoms with Gasteiger partial charge in [0.25, 0.3) is 0 Å². The van der Waals surface area contributed by atoms with E-state index in [0.717, 1.165) is 31.2 Å². The topological polar surface area (TPSA) is 46.5 Å². The monoisotopic (exact) mass is 280 g/mol. The number of carboxylic acids is 1. The molecule has 1 aromatic rings. The van der Waals surface area contributed by atoms with Crippen LogP contribution in [0.1, 0.15) is 36.7 Å². The fourth-order valence-corrected chi connectivity index (χ4v) is 5.49. The molecule has 19 heavy (non-hydrogen) atoms. The molecule has 0 aromatic heterocycles. The van der Waals surface area contributed by atoms with E-state index in [4.69, 9.17) is 9.53 Å². The molecule has 3 nitrogen and oxygen atoms in total. The Morgan fingerprint density at radius 3 is 2.16 bits per heavy atom. The van der Waals surface area contributed by atoms with Crippen LogP contribution in [0.3, 0.4) is 0 Å². The Morgan fingerprint density at radius 1 is 1.16 bits per heavy atom. The SMILES string of the molecule is CCO[Si](CC)(CC)CCc1ccc(C(=O)O)cc1. The lowest BCUT2D eigenvalue weighted by Crippen LogP contribution is -2.37. The summed E-state index contributed by atoms with van der Waals surface area (Å²) in [4.78, 5) is 10.8. The fourth-order valence-electron chi connectivity index (χ4n) is 2.37. The molecule has 0 saturated heterocycles. The van der Waals surface area contributed by atoms with Gasteiger partial charge >= 0.3 is 5.97 Å². The summed E-state index contributed by atoms with van der Waals surface area (Å²) in [6, 6.07) is 10.6. The first-order valence-corrected chi connectivity index (χ1v) is 9.56. The van der Waals surface area contributed by atoms with Gasteiger partial charge in [-0.2, -0.15) is 0 Å². The fraction of sp³-hybridized carbons (Fsp3) is 0.533. The number of benzene rings is 1. The van der Waals surface area contributed by atoms with Gasteiger partial charge in [0.2, 0.25) is 0 Å². The van der Waals surface area contributed by atoms with Gasteiger partial charge in [-0.3, -0.25) is 0 Å². The Labute approximate surface area is 116 Å². The molecule has 0 fully saturated rings. The van der Waals surface area contributed by atoms with E-state index in [0.29, 0.717) is 5.56 Å². The molecular formula is C15H24O3Si. The van der Waals surface area contributed by atoms with Gasteiger partial charge < -0.3 is 9.53 Å². The quantitative estimate of drug-likeness (QED) is 0.733. The van der Waals surface area contributed by atoms with Gasteiger partial charge in [-0.05, 0) is 49.2 Å². The molecule has 0 bridgehead atoms. The van der Waals surface area contributed by atoms with E-state index in [1.165, 1.54) is 5.56 Å². The lowest BCUT2D eigenvalue weighted by molar-refractivity contribution is 0.0697. The summed E-state index contributed by atoms with van der Waals surface area (Å²) in [5.74, 6) is -0.869. The van der Waals surface area contributed by atoms with Crippen LogP contribution < -0.4 is 0 Å². The largest absolute Gasteiger partial charge is 0.478 e. The van der Waals surface area contributed by atoms with Crippen molar-refractivity contribution in [2.24, 2.45) is 0 Å². The smallest absolute Gasteiger partial charge is 0.335 e. The highest BCUT2D eigenvalue weighted by Gasteiger charge is 2.29. The molecule has 1 rings (SSSR count). The first-order valence-electron chi connectivity index (χ1n) is 7.03. The van der Waals surface area contributed by atoms with E-state index >= 15 is 0 Å². The maximum atomic E-state index is 10.8. The zero-order valence-electron chi connectivity index (χ0n) is 12.1. The van der Waals surface area contributed by atoms with E-state index < -0.39 is 14.3 Å². The zero-order chi connectivity index (χ0) is 14.3. The minimum absolute atomic E-state index is 0.350. The number of carbonyl (C=O) groups is 1. The molecule has 0 atom stereocenters. The zero-order valence-corrected chi connectivity index (χ0v) is 13.1. The average Bonchev–Trinajstić information content (AvgIpc) is 2.44. The Morgan fingerprint density at radius 2 is 1.74 bits per heavy atom. The highest BCUT2D eigenvalue weighted by atomic mass is 28.4. The first kappa shape index (κ1) is 15.9. The summed E-state index contributed by atoms with van der Waals surface area (Å²) in [7, 11) is -1.58. The van der Waals surface area contributed by atoms with E-state index in [9.17, 15) is 4.79 Å². The van der Waals surface area contributed by atoms with Crippen molar-refractivity contribution in [1.82, 2.24) is 0 Å². The summed E-state index contributed by atoms with van der Waals surface area (Å²) in [5, 5.41) is 8.87. The third kappa shape index (κ3) is 4.47. The predicted octanol–water partition coefficient (Wildman–Crippen LogP) is 3.95. The third-order valence-electron chi connectivity index (χ3n) is 3.81. The van der Waals surface area contributed by atoms with Crippen LogP contribution in [0.25, 0.3) is 0 Å². The van der Waals surface area contributed by atoms with Gasteiger partial charge in [-0.15, -0.1) is 0 Å². The maximum Gasteiger partial charge on any atom is 0.335 e. The van der Waals surface area contributed by atoms with Crippen molar-refractivity contribution in [2.75, 3.05) is 6.61 Å². The van der Waals surface area contributed by atoms with E-state index in [-0.39, 0.29) is 0 Å². The summed E-state index contributed by atoms with van der Waals surface area (Å²) >= 11 is 0. The molecule has 0 heterocycles. The Hall–Kier alpha value is -1.13. The molecule has 4 heteroatoms. The summed E-state index contributed by atoms with van der Waals surface area (Å²) in [5.41, 5.74) is 1.55. The summed E-state index contributed by atoms with van der Waals surface area (Å²) < 4.78 is 6.06. The van der Waals surface area contributed by atoms with Crippen molar-refractivity contribution >= 4 is 14.3 Å². The van der Waals surface area contributed by atoms with Crippen LogP contribution in [0.15, 0.2) is 24.3 Å². The van der Waals surface area contributed by atoms with Gasteiger partial charge in [-0.1, -0.05) is 26.0 Å². The van der Waals surface area contributed by atoms with Gasteiger partial charge in [0, 0.05) is 6.61 Å². The van der Waals surface area contributed by atoms with Crippen molar-refractivity contribution in [3.8, 4) is 0 Å². The second-order valence-electron chi connectivity index (χ2n) is 4.83. The van der Waals surface area contributed by atoms with Crippen molar-refractivity contribution in [2.45, 2.75) is 45.3 Å². The molecule has 0 amide bonds. The van der Waals surface area contributed by atoms with Gasteiger partial charge in [0.1, 0.15) is 0 Å². The Balaban J connectivity index is 2.66. The minimum atomic E-state index is -1.58. The van der Waals surface area contributed by atoms with Gasteiger partial charge in [0.15, 0.2) is 8.32 Å². The number of hydrogen-bond donors (Lipinski definition) is 1. The lowest BCUT2D eigenvalue weighted by atomic mass is 10.1. The highest BCUT2D eigenvalue weighted by Crippen LogP contribution is 2.24. The molecule has 0 radical (unpaired) electrons. The Bertz CT molecular complexity index is 396. The van der Waals surface area contributed by atoms with Gasteiger partial charge in [0.05, 0.1) is 5.56 Å². The number of aryl methyl sites for hydroxylation is 1. The van der Waals surface area contributed by atoms with E-state index in [1.54, 1.807) is 12.1 Å². The number of aromatic carboxylic acids is 1. The standard InChI is InChI=1S/C15H24O3Si/c1-4-18-19(5-2,6-3)12-11-13-7-9-14(10-8-13)15(16)17/h7-10H,4-6,11-12H2,1-3H3,(H,16,17). The van der Waals surface area contributed by atoms with Crippen LogP contribution >= 0.6 is 0 Å². The molecule has 0 aliphatic carbocycles. The number of carboxylic acid groups (broad SMARTS) is 1. The second kappa shape index (κ2) is 7.45. The molecule has 0 spiro atoms. The van der Waals surface area contributed by atoms with Crippen LogP contribution in [-0.2, 0) is 10.8 Å². The Kier molecular flexibility index (Phi) is 6.25. The minimum Gasteiger partial charge on any atom is -0.478 e. The molecular weight excluding hydrogens is 256 g/mol. The number of hydrogen-bond acceptors (Lipinski definition) is 2. The molecule has 0 aliphatic heterocycles. The summed E-state index contributed by atoms with van der Waals surface area (Å²) in [6.07, 6.45) is 0.980. The van der Waals surface area contributed by atoms with Crippen LogP contribution in [0.2, 0.25) is 18.1 Å². The second-order valence-corrected chi connectivity index (χ2v) is 9.39. The lowest BCUT2D eigenvalue weighted by Gasteiger charge is -2.28. The molecule has 106 valence electrons. The van der Waals surface area contributed by atoms with Crippen LogP contribution in [0.4, 0.5) is 0 Å². The molecule has 0 saturated carbocycles. The normalized spacial score (nSPS) is 11.5. The maximum absolute atomic E-state index is 10.8. The first-order chi connectivity index (χ1) is 9.06. The van der Waals surface area contributed by atoms with E-state index in [2.05, 4.69) is 20.8 Å². The summed E-state index contributed by atoms with van der Waals surface area (Å²) in [6.45, 7) is 7.30. The molecule has 1 aromatic carbocycles. The van der Waals surface area contributed by atoms with Crippen LogP contribution in [0.5, 0.6) is 0 Å². The van der Waals surface area contributed by atoms with E-state index in [1.807, 2.05) is 12.1 Å².